The SMILES string of the molecule is CC1(C)c2cc(/C=C/c3ccc(N4c5ccccc5Oc5ccccc54)c4ccccc34)ccc2-c2ccc(N3c4ccccc4Oc4ccccc43)cc21. The van der Waals surface area contributed by atoms with Crippen molar-refractivity contribution in [2.24, 2.45) is 0 Å². The van der Waals surface area contributed by atoms with Gasteiger partial charge in [-0.05, 0) is 105 Å². The van der Waals surface area contributed by atoms with E-state index in [1.165, 1.54) is 44.2 Å². The Morgan fingerprint density at radius 2 is 0.909 bits per heavy atom. The van der Waals surface area contributed by atoms with Crippen molar-refractivity contribution in [3.8, 4) is 34.1 Å². The summed E-state index contributed by atoms with van der Waals surface area (Å²) in [6.45, 7) is 4.70. The molecule has 3 aliphatic rings. The number of nitrogens with zero attached hydrogens (tertiary/aromatic N) is 2. The lowest BCUT2D eigenvalue weighted by Gasteiger charge is -2.33. The topological polar surface area (TPSA) is 24.9 Å². The molecule has 8 aromatic rings. The quantitative estimate of drug-likeness (QED) is 0.170. The highest BCUT2D eigenvalue weighted by Gasteiger charge is 2.37. The van der Waals surface area contributed by atoms with Gasteiger partial charge in [0.1, 0.15) is 0 Å². The van der Waals surface area contributed by atoms with E-state index >= 15 is 0 Å². The molecule has 0 saturated heterocycles. The number of ether oxygens (including phenoxy) is 2. The predicted octanol–water partition coefficient (Wildman–Crippen LogP) is 14.5. The van der Waals surface area contributed by atoms with Crippen molar-refractivity contribution in [2.75, 3.05) is 9.80 Å². The lowest BCUT2D eigenvalue weighted by atomic mass is 9.81. The first-order valence-electron chi connectivity index (χ1n) is 18.8. The maximum Gasteiger partial charge on any atom is 0.151 e. The second-order valence-electron chi connectivity index (χ2n) is 15.0. The summed E-state index contributed by atoms with van der Waals surface area (Å²) in [4.78, 5) is 4.65. The lowest BCUT2D eigenvalue weighted by Crippen LogP contribution is -2.18. The molecule has 0 unspecified atom stereocenters. The zero-order chi connectivity index (χ0) is 36.7. The fraction of sp³-hybridized carbons (Fsp3) is 0.0588. The molecule has 0 saturated carbocycles. The summed E-state index contributed by atoms with van der Waals surface area (Å²) >= 11 is 0. The summed E-state index contributed by atoms with van der Waals surface area (Å²) in [5.74, 6) is 3.42. The Balaban J connectivity index is 0.949. The highest BCUT2D eigenvalue weighted by Crippen LogP contribution is 2.55. The number of anilines is 6. The van der Waals surface area contributed by atoms with Gasteiger partial charge in [-0.2, -0.15) is 0 Å². The van der Waals surface area contributed by atoms with Gasteiger partial charge in [0.25, 0.3) is 0 Å². The molecular weight excluding hydrogens is 673 g/mol. The standard InChI is InChI=1S/C51H36N2O2/c1-51(2)40-31-33(24-28-37(40)38-29-27-35(32-41(38)51)52-43-15-5-9-19-47(43)54-48-20-10-6-16-44(48)52)23-25-34-26-30-42(39-14-4-3-13-36(34)39)53-45-17-7-11-21-49(45)55-50-22-12-8-18-46(50)53/h3-32H,1-2H3/b25-23+. The van der Waals surface area contributed by atoms with Crippen LogP contribution < -0.4 is 19.3 Å². The number of para-hydroxylation sites is 8. The summed E-state index contributed by atoms with van der Waals surface area (Å²) in [7, 11) is 0. The molecule has 55 heavy (non-hydrogen) atoms. The molecule has 0 bridgehead atoms. The van der Waals surface area contributed by atoms with E-state index in [1.54, 1.807) is 0 Å². The van der Waals surface area contributed by atoms with Crippen LogP contribution in [0.25, 0.3) is 34.1 Å². The summed E-state index contributed by atoms with van der Waals surface area (Å²) in [6.07, 6.45) is 4.52. The van der Waals surface area contributed by atoms with Gasteiger partial charge in [-0.15, -0.1) is 0 Å². The average Bonchev–Trinajstić information content (AvgIpc) is 3.45. The Labute approximate surface area is 320 Å². The van der Waals surface area contributed by atoms with Gasteiger partial charge in [-0.1, -0.05) is 129 Å². The molecule has 262 valence electrons. The molecule has 4 heteroatoms. The Morgan fingerprint density at radius 1 is 0.418 bits per heavy atom. The maximum atomic E-state index is 6.32. The van der Waals surface area contributed by atoms with Crippen LogP contribution in [0.4, 0.5) is 34.1 Å². The molecular formula is C51H36N2O2. The van der Waals surface area contributed by atoms with Crippen molar-refractivity contribution < 1.29 is 9.47 Å². The Morgan fingerprint density at radius 3 is 1.51 bits per heavy atom. The van der Waals surface area contributed by atoms with Crippen LogP contribution in [-0.2, 0) is 5.41 Å². The predicted molar refractivity (Wildman–Crippen MR) is 226 cm³/mol. The van der Waals surface area contributed by atoms with Crippen LogP contribution in [0.15, 0.2) is 170 Å². The fourth-order valence-electron chi connectivity index (χ4n) is 8.77. The fourth-order valence-corrected chi connectivity index (χ4v) is 8.77. The van der Waals surface area contributed by atoms with E-state index in [-0.39, 0.29) is 5.41 Å². The molecule has 0 amide bonds. The molecule has 0 radical (unpaired) electrons. The molecule has 4 nitrogen and oxygen atoms in total. The minimum absolute atomic E-state index is 0.186. The number of hydrogen-bond donors (Lipinski definition) is 0. The second-order valence-corrected chi connectivity index (χ2v) is 15.0. The largest absolute Gasteiger partial charge is 0.453 e. The van der Waals surface area contributed by atoms with Gasteiger partial charge in [0.15, 0.2) is 23.0 Å². The minimum Gasteiger partial charge on any atom is -0.453 e. The van der Waals surface area contributed by atoms with Crippen LogP contribution in [0.1, 0.15) is 36.1 Å². The van der Waals surface area contributed by atoms with Crippen molar-refractivity contribution in [3.63, 3.8) is 0 Å². The third-order valence-electron chi connectivity index (χ3n) is 11.4. The molecule has 2 aliphatic heterocycles. The zero-order valence-electron chi connectivity index (χ0n) is 30.5. The van der Waals surface area contributed by atoms with E-state index in [2.05, 4.69) is 157 Å². The lowest BCUT2D eigenvalue weighted by molar-refractivity contribution is 0.477. The van der Waals surface area contributed by atoms with E-state index in [0.29, 0.717) is 0 Å². The van der Waals surface area contributed by atoms with E-state index in [9.17, 15) is 0 Å². The maximum absolute atomic E-state index is 6.32. The zero-order valence-corrected chi connectivity index (χ0v) is 30.5. The Bertz CT molecular complexity index is 2800. The number of rotatable bonds is 4. The van der Waals surface area contributed by atoms with Crippen LogP contribution in [0.5, 0.6) is 23.0 Å². The highest BCUT2D eigenvalue weighted by molar-refractivity contribution is 6.05. The minimum atomic E-state index is -0.186. The van der Waals surface area contributed by atoms with E-state index in [0.717, 1.165) is 57.1 Å². The smallest absolute Gasteiger partial charge is 0.151 e. The Kier molecular flexibility index (Phi) is 6.86. The first kappa shape index (κ1) is 31.5. The van der Waals surface area contributed by atoms with Gasteiger partial charge in [-0.25, -0.2) is 0 Å². The number of benzene rings is 8. The van der Waals surface area contributed by atoms with Gasteiger partial charge in [-0.3, -0.25) is 0 Å². The molecule has 2 heterocycles. The van der Waals surface area contributed by atoms with Crippen LogP contribution in [0.2, 0.25) is 0 Å². The van der Waals surface area contributed by atoms with Gasteiger partial charge >= 0.3 is 0 Å². The Hall–Kier alpha value is -7.04. The monoisotopic (exact) mass is 708 g/mol. The highest BCUT2D eigenvalue weighted by atomic mass is 16.5. The second kappa shape index (κ2) is 12.0. The van der Waals surface area contributed by atoms with Crippen LogP contribution in [-0.4, -0.2) is 0 Å². The van der Waals surface area contributed by atoms with E-state index in [4.69, 9.17) is 9.47 Å². The van der Waals surface area contributed by atoms with Crippen LogP contribution in [0, 0.1) is 0 Å². The molecule has 8 aromatic carbocycles. The van der Waals surface area contributed by atoms with Gasteiger partial charge in [0, 0.05) is 16.5 Å². The van der Waals surface area contributed by atoms with Crippen molar-refractivity contribution in [2.45, 2.75) is 19.3 Å². The molecule has 0 N–H and O–H groups in total. The summed E-state index contributed by atoms with van der Waals surface area (Å²) in [5.41, 5.74) is 13.8. The van der Waals surface area contributed by atoms with Gasteiger partial charge in [0.05, 0.1) is 28.4 Å². The van der Waals surface area contributed by atoms with E-state index < -0.39 is 0 Å². The van der Waals surface area contributed by atoms with Gasteiger partial charge < -0.3 is 19.3 Å². The molecule has 0 atom stereocenters. The van der Waals surface area contributed by atoms with Crippen molar-refractivity contribution in [1.29, 1.82) is 0 Å². The summed E-state index contributed by atoms with van der Waals surface area (Å²) in [6, 6.07) is 60.1. The molecule has 0 aromatic heterocycles. The summed E-state index contributed by atoms with van der Waals surface area (Å²) in [5, 5.41) is 2.38. The van der Waals surface area contributed by atoms with Crippen LogP contribution in [0.3, 0.4) is 0 Å². The third-order valence-corrected chi connectivity index (χ3v) is 11.4. The van der Waals surface area contributed by atoms with Crippen LogP contribution >= 0.6 is 0 Å². The molecule has 0 fully saturated rings. The van der Waals surface area contributed by atoms with Crippen molar-refractivity contribution in [1.82, 2.24) is 0 Å². The first-order valence-corrected chi connectivity index (χ1v) is 18.8. The molecule has 0 spiro atoms. The van der Waals surface area contributed by atoms with Gasteiger partial charge in [0.2, 0.25) is 0 Å². The van der Waals surface area contributed by atoms with E-state index in [1.807, 2.05) is 48.5 Å². The third kappa shape index (κ3) is 4.85. The number of fused-ring (bicyclic) bond motifs is 8. The summed E-state index contributed by atoms with van der Waals surface area (Å²) < 4.78 is 12.6. The van der Waals surface area contributed by atoms with Crippen molar-refractivity contribution >= 4 is 57.0 Å². The number of hydrogen-bond acceptors (Lipinski definition) is 4. The first-order chi connectivity index (χ1) is 27.0. The molecule has 11 rings (SSSR count). The average molecular weight is 709 g/mol. The van der Waals surface area contributed by atoms with Crippen molar-refractivity contribution in [3.05, 3.63) is 192 Å². The molecule has 1 aliphatic carbocycles. The normalized spacial score (nSPS) is 14.3.